The summed E-state index contributed by atoms with van der Waals surface area (Å²) in [4.78, 5) is 21.8. The first-order valence-electron chi connectivity index (χ1n) is 7.31. The van der Waals surface area contributed by atoms with Crippen LogP contribution < -0.4 is 16.2 Å². The van der Waals surface area contributed by atoms with Crippen LogP contribution in [0.25, 0.3) is 10.2 Å². The van der Waals surface area contributed by atoms with Gasteiger partial charge in [0.2, 0.25) is 0 Å². The lowest BCUT2D eigenvalue weighted by atomic mass is 10.00. The normalized spacial score (nSPS) is 13.7. The van der Waals surface area contributed by atoms with E-state index in [1.54, 1.807) is 0 Å². The Morgan fingerprint density at radius 3 is 3.09 bits per heavy atom. The second-order valence-corrected chi connectivity index (χ2v) is 6.43. The molecule has 4 rings (SSSR count). The lowest BCUT2D eigenvalue weighted by molar-refractivity contribution is 0.675. The molecule has 3 aromatic rings. The van der Waals surface area contributed by atoms with E-state index in [0.717, 1.165) is 36.3 Å². The summed E-state index contributed by atoms with van der Waals surface area (Å²) in [5, 5.41) is 1.90. The number of hydrogen-bond donors (Lipinski definition) is 2. The van der Waals surface area contributed by atoms with Gasteiger partial charge in [-0.05, 0) is 42.0 Å². The van der Waals surface area contributed by atoms with Gasteiger partial charge in [0.1, 0.15) is 10.5 Å². The number of thiophene rings is 1. The van der Waals surface area contributed by atoms with E-state index in [-0.39, 0.29) is 18.0 Å². The fourth-order valence-corrected chi connectivity index (χ4v) is 3.79. The molecule has 0 fully saturated rings. The predicted octanol–water partition coefficient (Wildman–Crippen LogP) is 2.94. The summed E-state index contributed by atoms with van der Waals surface area (Å²) >= 11 is 1.42. The Kier molecular flexibility index (Phi) is 4.28. The molecule has 3 heterocycles. The van der Waals surface area contributed by atoms with E-state index in [1.165, 1.54) is 16.9 Å². The van der Waals surface area contributed by atoms with Gasteiger partial charge in [-0.25, -0.2) is 4.98 Å². The van der Waals surface area contributed by atoms with Crippen molar-refractivity contribution in [3.63, 3.8) is 0 Å². The summed E-state index contributed by atoms with van der Waals surface area (Å²) in [5.74, 6) is 0.700. The minimum Gasteiger partial charge on any atom is -0.398 e. The number of nitrogens with two attached hydrogens (primary N) is 1. The van der Waals surface area contributed by atoms with Crippen LogP contribution in [-0.4, -0.2) is 16.5 Å². The summed E-state index contributed by atoms with van der Waals surface area (Å²) < 4.78 is 0.687. The largest absolute Gasteiger partial charge is 0.398 e. The highest BCUT2D eigenvalue weighted by atomic mass is 35.5. The highest BCUT2D eigenvalue weighted by Crippen LogP contribution is 2.31. The average molecular weight is 349 g/mol. The maximum Gasteiger partial charge on any atom is 0.268 e. The van der Waals surface area contributed by atoms with Crippen molar-refractivity contribution < 1.29 is 0 Å². The third-order valence-electron chi connectivity index (χ3n) is 4.09. The van der Waals surface area contributed by atoms with Gasteiger partial charge in [0.15, 0.2) is 0 Å². The Balaban J connectivity index is 0.00000156. The summed E-state index contributed by atoms with van der Waals surface area (Å²) in [7, 11) is 0. The standard InChI is InChI=1S/C16H16N4OS.ClH/c17-11-4-1-5-13-10(11)3-2-7-20(13)9-14-18-12-6-8-22-15(12)16(21)19-14;/h1,4-6,8H,2-3,7,9,17H2,(H,18,19,21);1H. The molecule has 0 bridgehead atoms. The van der Waals surface area contributed by atoms with E-state index in [1.807, 2.05) is 23.6 Å². The van der Waals surface area contributed by atoms with Gasteiger partial charge in [0, 0.05) is 17.9 Å². The smallest absolute Gasteiger partial charge is 0.268 e. The number of rotatable bonds is 2. The Hall–Kier alpha value is -2.05. The number of nitrogen functional groups attached to an aromatic ring is 1. The molecule has 0 saturated carbocycles. The van der Waals surface area contributed by atoms with Crippen molar-refractivity contribution in [2.45, 2.75) is 19.4 Å². The summed E-state index contributed by atoms with van der Waals surface area (Å²) in [5.41, 5.74) is 10.00. The predicted molar refractivity (Wildman–Crippen MR) is 97.7 cm³/mol. The number of hydrogen-bond acceptors (Lipinski definition) is 5. The lowest BCUT2D eigenvalue weighted by Gasteiger charge is -2.31. The van der Waals surface area contributed by atoms with Crippen LogP contribution in [0, 0.1) is 0 Å². The molecule has 0 amide bonds. The number of aromatic amines is 1. The van der Waals surface area contributed by atoms with E-state index < -0.39 is 0 Å². The number of benzene rings is 1. The molecular weight excluding hydrogens is 332 g/mol. The van der Waals surface area contributed by atoms with Crippen molar-refractivity contribution in [2.24, 2.45) is 0 Å². The quantitative estimate of drug-likeness (QED) is 0.698. The number of nitrogens with zero attached hydrogens (tertiary/aromatic N) is 2. The van der Waals surface area contributed by atoms with Gasteiger partial charge >= 0.3 is 0 Å². The molecule has 0 unspecified atom stereocenters. The molecule has 1 aliphatic heterocycles. The highest BCUT2D eigenvalue weighted by Gasteiger charge is 2.19. The molecule has 2 aromatic heterocycles. The minimum absolute atomic E-state index is 0. The summed E-state index contributed by atoms with van der Waals surface area (Å²) in [6.07, 6.45) is 2.07. The average Bonchev–Trinajstić information content (AvgIpc) is 2.97. The van der Waals surface area contributed by atoms with Gasteiger partial charge in [-0.15, -0.1) is 23.7 Å². The highest BCUT2D eigenvalue weighted by molar-refractivity contribution is 7.17. The number of fused-ring (bicyclic) bond motifs is 2. The second kappa shape index (κ2) is 6.22. The molecular formula is C16H17ClN4OS. The first-order valence-corrected chi connectivity index (χ1v) is 8.19. The molecule has 1 aromatic carbocycles. The van der Waals surface area contributed by atoms with Crippen LogP contribution in [0.15, 0.2) is 34.4 Å². The van der Waals surface area contributed by atoms with E-state index in [9.17, 15) is 4.79 Å². The van der Waals surface area contributed by atoms with E-state index in [4.69, 9.17) is 5.73 Å². The topological polar surface area (TPSA) is 75.0 Å². The van der Waals surface area contributed by atoms with Gasteiger partial charge in [-0.2, -0.15) is 0 Å². The van der Waals surface area contributed by atoms with Crippen LogP contribution in [0.1, 0.15) is 17.8 Å². The van der Waals surface area contributed by atoms with Gasteiger partial charge in [-0.1, -0.05) is 6.07 Å². The molecule has 120 valence electrons. The van der Waals surface area contributed by atoms with Crippen molar-refractivity contribution in [3.05, 3.63) is 51.4 Å². The molecule has 5 nitrogen and oxygen atoms in total. The first kappa shape index (κ1) is 15.8. The van der Waals surface area contributed by atoms with Gasteiger partial charge < -0.3 is 15.6 Å². The summed E-state index contributed by atoms with van der Waals surface area (Å²) in [6.45, 7) is 1.54. The molecule has 0 atom stereocenters. The molecule has 0 aliphatic carbocycles. The molecule has 7 heteroatoms. The van der Waals surface area contributed by atoms with E-state index in [2.05, 4.69) is 20.9 Å². The number of nitrogens with one attached hydrogen (secondary N) is 1. The van der Waals surface area contributed by atoms with E-state index in [0.29, 0.717) is 17.1 Å². The molecule has 0 radical (unpaired) electrons. The van der Waals surface area contributed by atoms with Gasteiger partial charge in [-0.3, -0.25) is 4.79 Å². The monoisotopic (exact) mass is 348 g/mol. The number of H-pyrrole nitrogens is 1. The van der Waals surface area contributed by atoms with Crippen molar-refractivity contribution in [1.82, 2.24) is 9.97 Å². The zero-order valence-electron chi connectivity index (χ0n) is 12.4. The SMILES string of the molecule is Cl.Nc1cccc2c1CCCN2Cc1nc2ccsc2c(=O)[nH]1. The second-order valence-electron chi connectivity index (χ2n) is 5.52. The molecule has 3 N–H and O–H groups in total. The Labute approximate surface area is 143 Å². The third-order valence-corrected chi connectivity index (χ3v) is 4.99. The number of anilines is 2. The van der Waals surface area contributed by atoms with Crippen molar-refractivity contribution in [2.75, 3.05) is 17.2 Å². The first-order chi connectivity index (χ1) is 10.7. The van der Waals surface area contributed by atoms with Crippen LogP contribution in [-0.2, 0) is 13.0 Å². The van der Waals surface area contributed by atoms with E-state index >= 15 is 0 Å². The Bertz CT molecular complexity index is 904. The lowest BCUT2D eigenvalue weighted by Crippen LogP contribution is -2.30. The van der Waals surface area contributed by atoms with Crippen LogP contribution in [0.4, 0.5) is 11.4 Å². The molecule has 23 heavy (non-hydrogen) atoms. The Morgan fingerprint density at radius 1 is 1.35 bits per heavy atom. The van der Waals surface area contributed by atoms with Crippen LogP contribution in [0.5, 0.6) is 0 Å². The van der Waals surface area contributed by atoms with Gasteiger partial charge in [0.25, 0.3) is 5.56 Å². The fraction of sp³-hybridized carbons (Fsp3) is 0.250. The minimum atomic E-state index is -0.0557. The maximum atomic E-state index is 12.1. The van der Waals surface area contributed by atoms with Gasteiger partial charge in [0.05, 0.1) is 12.1 Å². The van der Waals surface area contributed by atoms with Crippen LogP contribution in [0.3, 0.4) is 0 Å². The van der Waals surface area contributed by atoms with Crippen molar-refractivity contribution in [1.29, 1.82) is 0 Å². The maximum absolute atomic E-state index is 12.1. The zero-order chi connectivity index (χ0) is 15.1. The van der Waals surface area contributed by atoms with Crippen LogP contribution in [0.2, 0.25) is 0 Å². The number of aromatic nitrogens is 2. The molecule has 0 spiro atoms. The van der Waals surface area contributed by atoms with Crippen molar-refractivity contribution in [3.8, 4) is 0 Å². The molecule has 1 aliphatic rings. The molecule has 0 saturated heterocycles. The fourth-order valence-electron chi connectivity index (χ4n) is 3.07. The Morgan fingerprint density at radius 2 is 2.22 bits per heavy atom. The number of halogens is 1. The van der Waals surface area contributed by atoms with Crippen LogP contribution >= 0.6 is 23.7 Å². The van der Waals surface area contributed by atoms with Crippen molar-refractivity contribution >= 4 is 45.3 Å². The summed E-state index contributed by atoms with van der Waals surface area (Å²) in [6, 6.07) is 7.90. The zero-order valence-corrected chi connectivity index (χ0v) is 14.0. The third kappa shape index (κ3) is 2.80.